The fourth-order valence-electron chi connectivity index (χ4n) is 1.29. The molecule has 2 atom stereocenters. The monoisotopic (exact) mass is 173 g/mol. The van der Waals surface area contributed by atoms with Gasteiger partial charge in [-0.1, -0.05) is 20.3 Å². The van der Waals surface area contributed by atoms with E-state index in [2.05, 4.69) is 12.2 Å². The van der Waals surface area contributed by atoms with Crippen molar-refractivity contribution in [2.75, 3.05) is 6.61 Å². The first-order valence-electron chi connectivity index (χ1n) is 4.49. The third-order valence-corrected chi connectivity index (χ3v) is 2.02. The zero-order valence-electron chi connectivity index (χ0n) is 8.13. The largest absolute Gasteiger partial charge is 0.394 e. The summed E-state index contributed by atoms with van der Waals surface area (Å²) in [6.07, 6.45) is 2.11. The summed E-state index contributed by atoms with van der Waals surface area (Å²) in [4.78, 5) is 10.7. The zero-order chi connectivity index (χ0) is 9.56. The molecule has 0 saturated heterocycles. The van der Waals surface area contributed by atoms with Crippen LogP contribution in [0.5, 0.6) is 0 Å². The van der Waals surface area contributed by atoms with E-state index in [-0.39, 0.29) is 18.6 Å². The summed E-state index contributed by atoms with van der Waals surface area (Å²) in [7, 11) is 0. The van der Waals surface area contributed by atoms with Crippen LogP contribution in [-0.2, 0) is 4.79 Å². The Morgan fingerprint density at radius 3 is 2.50 bits per heavy atom. The Hall–Kier alpha value is -0.570. The molecule has 0 aliphatic rings. The van der Waals surface area contributed by atoms with Crippen LogP contribution in [0, 0.1) is 5.92 Å². The second kappa shape index (κ2) is 6.00. The van der Waals surface area contributed by atoms with Crippen molar-refractivity contribution in [2.24, 2.45) is 5.92 Å². The van der Waals surface area contributed by atoms with Gasteiger partial charge in [0.25, 0.3) is 0 Å². The lowest BCUT2D eigenvalue weighted by atomic mass is 9.97. The van der Waals surface area contributed by atoms with Gasteiger partial charge in [-0.15, -0.1) is 0 Å². The van der Waals surface area contributed by atoms with Crippen molar-refractivity contribution >= 4 is 5.91 Å². The highest BCUT2D eigenvalue weighted by molar-refractivity contribution is 5.73. The highest BCUT2D eigenvalue weighted by atomic mass is 16.3. The predicted octanol–water partition coefficient (Wildman–Crippen LogP) is 0.920. The second-order valence-electron chi connectivity index (χ2n) is 3.26. The maximum atomic E-state index is 10.7. The van der Waals surface area contributed by atoms with Crippen molar-refractivity contribution in [2.45, 2.75) is 39.7 Å². The van der Waals surface area contributed by atoms with Gasteiger partial charge < -0.3 is 10.4 Å². The van der Waals surface area contributed by atoms with Gasteiger partial charge in [-0.2, -0.15) is 0 Å². The Balaban J connectivity index is 3.86. The quantitative estimate of drug-likeness (QED) is 0.649. The minimum atomic E-state index is -0.0811. The van der Waals surface area contributed by atoms with Crippen LogP contribution in [-0.4, -0.2) is 23.7 Å². The molecule has 3 heteroatoms. The van der Waals surface area contributed by atoms with Crippen LogP contribution in [0.4, 0.5) is 0 Å². The lowest BCUT2D eigenvalue weighted by molar-refractivity contribution is -0.120. The van der Waals surface area contributed by atoms with Gasteiger partial charge in [-0.3, -0.25) is 4.79 Å². The zero-order valence-corrected chi connectivity index (χ0v) is 8.13. The number of amides is 1. The predicted molar refractivity (Wildman–Crippen MR) is 48.8 cm³/mol. The van der Waals surface area contributed by atoms with Gasteiger partial charge >= 0.3 is 0 Å². The number of aliphatic hydroxyl groups is 1. The molecular formula is C9H19NO2. The van der Waals surface area contributed by atoms with Crippen LogP contribution in [0.15, 0.2) is 0 Å². The third-order valence-electron chi connectivity index (χ3n) is 2.02. The summed E-state index contributed by atoms with van der Waals surface area (Å²) in [6.45, 7) is 5.64. The summed E-state index contributed by atoms with van der Waals surface area (Å²) in [6, 6.07) is -0.0811. The molecule has 0 spiro atoms. The van der Waals surface area contributed by atoms with E-state index in [1.807, 2.05) is 6.92 Å². The van der Waals surface area contributed by atoms with Gasteiger partial charge in [-0.05, 0) is 12.3 Å². The van der Waals surface area contributed by atoms with E-state index < -0.39 is 0 Å². The SMILES string of the molecule is CCC[C@@H](C)[C@H](CO)NC(C)=O. The molecule has 0 aromatic rings. The van der Waals surface area contributed by atoms with E-state index in [1.54, 1.807) is 0 Å². The van der Waals surface area contributed by atoms with Crippen LogP contribution < -0.4 is 5.32 Å². The first kappa shape index (κ1) is 11.4. The van der Waals surface area contributed by atoms with Crippen molar-refractivity contribution < 1.29 is 9.90 Å². The van der Waals surface area contributed by atoms with E-state index in [4.69, 9.17) is 5.11 Å². The summed E-state index contributed by atoms with van der Waals surface area (Å²) in [5.41, 5.74) is 0. The molecule has 0 rings (SSSR count). The van der Waals surface area contributed by atoms with E-state index in [9.17, 15) is 4.79 Å². The number of carbonyl (C=O) groups is 1. The molecule has 0 heterocycles. The Morgan fingerprint density at radius 1 is 1.58 bits per heavy atom. The Morgan fingerprint density at radius 2 is 2.17 bits per heavy atom. The summed E-state index contributed by atoms with van der Waals surface area (Å²) < 4.78 is 0. The Kier molecular flexibility index (Phi) is 5.72. The number of rotatable bonds is 5. The van der Waals surface area contributed by atoms with Crippen molar-refractivity contribution in [3.05, 3.63) is 0 Å². The maximum absolute atomic E-state index is 10.7. The molecule has 0 bridgehead atoms. The topological polar surface area (TPSA) is 49.3 Å². The number of carbonyl (C=O) groups excluding carboxylic acids is 1. The van der Waals surface area contributed by atoms with Crippen LogP contribution in [0.1, 0.15) is 33.6 Å². The summed E-state index contributed by atoms with van der Waals surface area (Å²) >= 11 is 0. The Labute approximate surface area is 74.2 Å². The third kappa shape index (κ3) is 4.34. The van der Waals surface area contributed by atoms with E-state index in [0.29, 0.717) is 5.92 Å². The molecule has 0 aromatic heterocycles. The first-order chi connectivity index (χ1) is 5.61. The highest BCUT2D eigenvalue weighted by Crippen LogP contribution is 2.09. The Bertz CT molecular complexity index is 136. The first-order valence-corrected chi connectivity index (χ1v) is 4.49. The molecule has 0 radical (unpaired) electrons. The van der Waals surface area contributed by atoms with Crippen molar-refractivity contribution in [3.63, 3.8) is 0 Å². The number of aliphatic hydroxyl groups excluding tert-OH is 1. The van der Waals surface area contributed by atoms with Crippen molar-refractivity contribution in [3.8, 4) is 0 Å². The molecule has 0 saturated carbocycles. The van der Waals surface area contributed by atoms with Gasteiger partial charge in [0.2, 0.25) is 5.91 Å². The number of hydrogen-bond acceptors (Lipinski definition) is 2. The molecule has 3 nitrogen and oxygen atoms in total. The molecule has 0 unspecified atom stereocenters. The second-order valence-corrected chi connectivity index (χ2v) is 3.26. The lowest BCUT2D eigenvalue weighted by Crippen LogP contribution is -2.40. The average molecular weight is 173 g/mol. The van der Waals surface area contributed by atoms with Crippen molar-refractivity contribution in [1.29, 1.82) is 0 Å². The highest BCUT2D eigenvalue weighted by Gasteiger charge is 2.15. The fourth-order valence-corrected chi connectivity index (χ4v) is 1.29. The van der Waals surface area contributed by atoms with Gasteiger partial charge in [0.15, 0.2) is 0 Å². The summed E-state index contributed by atoms with van der Waals surface area (Å²) in [5, 5.41) is 11.7. The van der Waals surface area contributed by atoms with Crippen LogP contribution >= 0.6 is 0 Å². The smallest absolute Gasteiger partial charge is 0.217 e. The minimum absolute atomic E-state index is 0.0285. The molecule has 72 valence electrons. The standard InChI is InChI=1S/C9H19NO2/c1-4-5-7(2)9(6-11)10-8(3)12/h7,9,11H,4-6H2,1-3H3,(H,10,12)/t7-,9+/m1/s1. The lowest BCUT2D eigenvalue weighted by Gasteiger charge is -2.21. The van der Waals surface area contributed by atoms with Gasteiger partial charge in [0.05, 0.1) is 12.6 Å². The van der Waals surface area contributed by atoms with E-state index in [1.165, 1.54) is 6.92 Å². The van der Waals surface area contributed by atoms with Crippen LogP contribution in [0.25, 0.3) is 0 Å². The number of nitrogens with one attached hydrogen (secondary N) is 1. The van der Waals surface area contributed by atoms with Crippen LogP contribution in [0.2, 0.25) is 0 Å². The van der Waals surface area contributed by atoms with E-state index in [0.717, 1.165) is 12.8 Å². The molecular weight excluding hydrogens is 154 g/mol. The molecule has 0 aliphatic carbocycles. The minimum Gasteiger partial charge on any atom is -0.394 e. The molecule has 0 aliphatic heterocycles. The average Bonchev–Trinajstić information content (AvgIpc) is 2.00. The van der Waals surface area contributed by atoms with Crippen molar-refractivity contribution in [1.82, 2.24) is 5.32 Å². The van der Waals surface area contributed by atoms with Gasteiger partial charge in [0, 0.05) is 6.92 Å². The van der Waals surface area contributed by atoms with E-state index >= 15 is 0 Å². The molecule has 12 heavy (non-hydrogen) atoms. The normalized spacial score (nSPS) is 15.3. The van der Waals surface area contributed by atoms with Gasteiger partial charge in [-0.25, -0.2) is 0 Å². The molecule has 2 N–H and O–H groups in total. The fraction of sp³-hybridized carbons (Fsp3) is 0.889. The molecule has 1 amide bonds. The number of hydrogen-bond donors (Lipinski definition) is 2. The molecule has 0 fully saturated rings. The maximum Gasteiger partial charge on any atom is 0.217 e. The molecule has 0 aromatic carbocycles. The van der Waals surface area contributed by atoms with Crippen LogP contribution in [0.3, 0.4) is 0 Å². The summed E-state index contributed by atoms with van der Waals surface area (Å²) in [5.74, 6) is 0.279. The van der Waals surface area contributed by atoms with Gasteiger partial charge in [0.1, 0.15) is 0 Å².